The van der Waals surface area contributed by atoms with Crippen molar-refractivity contribution in [2.75, 3.05) is 24.5 Å². The van der Waals surface area contributed by atoms with Crippen LogP contribution in [0.2, 0.25) is 0 Å². The molecule has 1 fully saturated rings. The van der Waals surface area contributed by atoms with Gasteiger partial charge in [0.05, 0.1) is 11.6 Å². The molecule has 32 heavy (non-hydrogen) atoms. The van der Waals surface area contributed by atoms with Gasteiger partial charge in [-0.3, -0.25) is 0 Å². The lowest BCUT2D eigenvalue weighted by Gasteiger charge is -2.40. The molecule has 164 valence electrons. The molecule has 1 amide bonds. The van der Waals surface area contributed by atoms with Crippen molar-refractivity contribution in [2.45, 2.75) is 39.3 Å². The van der Waals surface area contributed by atoms with E-state index in [0.29, 0.717) is 25.2 Å². The second kappa shape index (κ2) is 8.46. The van der Waals surface area contributed by atoms with E-state index in [2.05, 4.69) is 27.2 Å². The Bertz CT molecular complexity index is 1180. The molecule has 2 heterocycles. The van der Waals surface area contributed by atoms with E-state index in [1.165, 1.54) is 0 Å². The van der Waals surface area contributed by atoms with Crippen molar-refractivity contribution in [2.24, 2.45) is 0 Å². The first kappa shape index (κ1) is 21.6. The average molecular weight is 430 g/mol. The number of fused-ring (bicyclic) bond motifs is 1. The molecule has 0 spiro atoms. The molecule has 0 N–H and O–H groups in total. The Balaban J connectivity index is 1.62. The Morgan fingerprint density at radius 1 is 1.06 bits per heavy atom. The van der Waals surface area contributed by atoms with E-state index in [9.17, 15) is 4.79 Å². The SMILES string of the molecule is CC1CN(c2nnc(-c3ccc(C#N)cc3)c3ccccc23)CCN1C(=O)OC(C)(C)C. The number of nitrogens with zero attached hydrogens (tertiary/aromatic N) is 5. The average Bonchev–Trinajstić information content (AvgIpc) is 2.77. The normalized spacial score (nSPS) is 16.7. The summed E-state index contributed by atoms with van der Waals surface area (Å²) >= 11 is 0. The third-order valence-corrected chi connectivity index (χ3v) is 5.51. The fourth-order valence-corrected chi connectivity index (χ4v) is 3.98. The molecule has 1 saturated heterocycles. The van der Waals surface area contributed by atoms with Gasteiger partial charge in [-0.1, -0.05) is 36.4 Å². The quantitative estimate of drug-likeness (QED) is 0.591. The number of benzene rings is 2. The van der Waals surface area contributed by atoms with Gasteiger partial charge in [0.25, 0.3) is 0 Å². The highest BCUT2D eigenvalue weighted by atomic mass is 16.6. The maximum atomic E-state index is 12.6. The Morgan fingerprint density at radius 2 is 1.75 bits per heavy atom. The molecule has 0 aliphatic carbocycles. The van der Waals surface area contributed by atoms with E-state index in [4.69, 9.17) is 10.00 Å². The molecular weight excluding hydrogens is 402 g/mol. The van der Waals surface area contributed by atoms with Crippen molar-refractivity contribution in [1.82, 2.24) is 15.1 Å². The summed E-state index contributed by atoms with van der Waals surface area (Å²) in [6.45, 7) is 9.52. The number of hydrogen-bond donors (Lipinski definition) is 0. The van der Waals surface area contributed by atoms with Gasteiger partial charge in [0.1, 0.15) is 11.3 Å². The third-order valence-electron chi connectivity index (χ3n) is 5.51. The lowest BCUT2D eigenvalue weighted by atomic mass is 10.0. The van der Waals surface area contributed by atoms with Crippen LogP contribution < -0.4 is 4.90 Å². The van der Waals surface area contributed by atoms with E-state index in [1.54, 1.807) is 17.0 Å². The van der Waals surface area contributed by atoms with Gasteiger partial charge in [0, 0.05) is 42.0 Å². The summed E-state index contributed by atoms with van der Waals surface area (Å²) < 4.78 is 5.56. The summed E-state index contributed by atoms with van der Waals surface area (Å²) in [6.07, 6.45) is -0.281. The third kappa shape index (κ3) is 4.35. The lowest BCUT2D eigenvalue weighted by molar-refractivity contribution is 0.0158. The highest BCUT2D eigenvalue weighted by Gasteiger charge is 2.32. The number of rotatable bonds is 2. The van der Waals surface area contributed by atoms with Crippen LogP contribution in [0, 0.1) is 11.3 Å². The molecule has 1 aliphatic heterocycles. The molecule has 1 aliphatic rings. The van der Waals surface area contributed by atoms with Crippen LogP contribution in [0.25, 0.3) is 22.0 Å². The van der Waals surface area contributed by atoms with Gasteiger partial charge < -0.3 is 14.5 Å². The smallest absolute Gasteiger partial charge is 0.410 e. The van der Waals surface area contributed by atoms with Crippen LogP contribution >= 0.6 is 0 Å². The van der Waals surface area contributed by atoms with Gasteiger partial charge in [-0.15, -0.1) is 10.2 Å². The molecule has 7 nitrogen and oxygen atoms in total. The van der Waals surface area contributed by atoms with Crippen molar-refractivity contribution in [3.63, 3.8) is 0 Å². The highest BCUT2D eigenvalue weighted by Crippen LogP contribution is 2.32. The van der Waals surface area contributed by atoms with Crippen LogP contribution in [-0.2, 0) is 4.74 Å². The van der Waals surface area contributed by atoms with Crippen molar-refractivity contribution in [1.29, 1.82) is 5.26 Å². The van der Waals surface area contributed by atoms with Crippen LogP contribution in [0.5, 0.6) is 0 Å². The largest absolute Gasteiger partial charge is 0.444 e. The highest BCUT2D eigenvalue weighted by molar-refractivity contribution is 6.00. The maximum absolute atomic E-state index is 12.6. The fourth-order valence-electron chi connectivity index (χ4n) is 3.98. The molecule has 2 aromatic carbocycles. The first-order chi connectivity index (χ1) is 15.3. The Labute approximate surface area is 188 Å². The number of anilines is 1. The Kier molecular flexibility index (Phi) is 5.70. The summed E-state index contributed by atoms with van der Waals surface area (Å²) in [7, 11) is 0. The number of carbonyl (C=O) groups excluding carboxylic acids is 1. The molecule has 1 unspecified atom stereocenters. The Morgan fingerprint density at radius 3 is 2.38 bits per heavy atom. The molecule has 1 atom stereocenters. The summed E-state index contributed by atoms with van der Waals surface area (Å²) in [5.41, 5.74) is 1.80. The van der Waals surface area contributed by atoms with Crippen LogP contribution in [0.1, 0.15) is 33.3 Å². The van der Waals surface area contributed by atoms with Crippen LogP contribution in [0.3, 0.4) is 0 Å². The predicted octanol–water partition coefficient (Wildman–Crippen LogP) is 4.61. The molecule has 1 aromatic heterocycles. The zero-order valence-corrected chi connectivity index (χ0v) is 18.9. The van der Waals surface area contributed by atoms with Crippen molar-refractivity contribution >= 4 is 22.7 Å². The topological polar surface area (TPSA) is 82.4 Å². The van der Waals surface area contributed by atoms with Gasteiger partial charge in [-0.2, -0.15) is 5.26 Å². The molecule has 0 bridgehead atoms. The number of piperazine rings is 1. The van der Waals surface area contributed by atoms with Gasteiger partial charge >= 0.3 is 6.09 Å². The van der Waals surface area contributed by atoms with Crippen molar-refractivity contribution in [3.8, 4) is 17.3 Å². The summed E-state index contributed by atoms with van der Waals surface area (Å²) in [5, 5.41) is 20.2. The monoisotopic (exact) mass is 429 g/mol. The Hall–Kier alpha value is -3.66. The number of ether oxygens (including phenoxy) is 1. The van der Waals surface area contributed by atoms with Gasteiger partial charge in [-0.25, -0.2) is 4.79 Å². The van der Waals surface area contributed by atoms with Gasteiger partial charge in [-0.05, 0) is 39.8 Å². The molecular formula is C25H27N5O2. The predicted molar refractivity (Wildman–Crippen MR) is 124 cm³/mol. The second-order valence-electron chi connectivity index (χ2n) is 9.08. The molecule has 0 radical (unpaired) electrons. The first-order valence-electron chi connectivity index (χ1n) is 10.8. The maximum Gasteiger partial charge on any atom is 0.410 e. The fraction of sp³-hybridized carbons (Fsp3) is 0.360. The lowest BCUT2D eigenvalue weighted by Crippen LogP contribution is -2.55. The van der Waals surface area contributed by atoms with Crippen molar-refractivity contribution in [3.05, 3.63) is 54.1 Å². The van der Waals surface area contributed by atoms with Gasteiger partial charge in [0.15, 0.2) is 5.82 Å². The minimum absolute atomic E-state index is 0.0163. The molecule has 4 rings (SSSR count). The van der Waals surface area contributed by atoms with Crippen molar-refractivity contribution < 1.29 is 9.53 Å². The van der Waals surface area contributed by atoms with Crippen LogP contribution in [-0.4, -0.2) is 52.5 Å². The molecule has 3 aromatic rings. The zero-order valence-electron chi connectivity index (χ0n) is 18.9. The van der Waals surface area contributed by atoms with E-state index in [-0.39, 0.29) is 12.1 Å². The summed E-state index contributed by atoms with van der Waals surface area (Å²) in [6, 6.07) is 17.6. The second-order valence-corrected chi connectivity index (χ2v) is 9.08. The summed E-state index contributed by atoms with van der Waals surface area (Å²) in [5.74, 6) is 0.814. The minimum atomic E-state index is -0.517. The van der Waals surface area contributed by atoms with Crippen LogP contribution in [0.4, 0.5) is 10.6 Å². The minimum Gasteiger partial charge on any atom is -0.444 e. The summed E-state index contributed by atoms with van der Waals surface area (Å²) in [4.78, 5) is 16.5. The molecule has 7 heteroatoms. The van der Waals surface area contributed by atoms with E-state index >= 15 is 0 Å². The number of amides is 1. The molecule has 0 saturated carbocycles. The number of nitriles is 1. The van der Waals surface area contributed by atoms with Crippen LogP contribution in [0.15, 0.2) is 48.5 Å². The number of carbonyl (C=O) groups is 1. The first-order valence-corrected chi connectivity index (χ1v) is 10.8. The number of aromatic nitrogens is 2. The van der Waals surface area contributed by atoms with E-state index < -0.39 is 5.60 Å². The van der Waals surface area contributed by atoms with Gasteiger partial charge in [0.2, 0.25) is 0 Å². The zero-order chi connectivity index (χ0) is 22.9. The number of hydrogen-bond acceptors (Lipinski definition) is 6. The standard InChI is InChI=1S/C25H27N5O2/c1-17-16-29(13-14-30(17)24(31)32-25(2,3)4)23-21-8-6-5-7-20(21)22(27-28-23)19-11-9-18(15-26)10-12-19/h5-12,17H,13-14,16H2,1-4H3. The van der Waals surface area contributed by atoms with E-state index in [0.717, 1.165) is 27.8 Å². The van der Waals surface area contributed by atoms with E-state index in [1.807, 2.05) is 58.0 Å².